The van der Waals surface area contributed by atoms with Crippen molar-refractivity contribution < 1.29 is 13.6 Å². The predicted octanol–water partition coefficient (Wildman–Crippen LogP) is 3.62. The second-order valence-corrected chi connectivity index (χ2v) is 5.74. The molecule has 7 heteroatoms. The zero-order valence-corrected chi connectivity index (χ0v) is 11.2. The second-order valence-electron chi connectivity index (χ2n) is 3.45. The normalized spacial score (nSPS) is 10.4. The van der Waals surface area contributed by atoms with E-state index in [9.17, 15) is 13.6 Å². The summed E-state index contributed by atoms with van der Waals surface area (Å²) in [5, 5.41) is 3.92. The fourth-order valence-electron chi connectivity index (χ4n) is 1.34. The number of carbonyl (C=O) groups excluding carboxylic acids is 1. The van der Waals surface area contributed by atoms with Crippen LogP contribution in [0.15, 0.2) is 27.4 Å². The van der Waals surface area contributed by atoms with E-state index in [1.807, 2.05) is 0 Å². The Morgan fingerprint density at radius 2 is 2.06 bits per heavy atom. The molecular weight excluding hydrogens is 326 g/mol. The summed E-state index contributed by atoms with van der Waals surface area (Å²) >= 11 is 4.54. The van der Waals surface area contributed by atoms with Gasteiger partial charge in [-0.1, -0.05) is 0 Å². The van der Waals surface area contributed by atoms with Crippen LogP contribution < -0.4 is 11.1 Å². The number of hydrogen-bond acceptors (Lipinski definition) is 3. The number of halogens is 3. The van der Waals surface area contributed by atoms with Crippen LogP contribution in [0.1, 0.15) is 10.4 Å². The van der Waals surface area contributed by atoms with Crippen molar-refractivity contribution in [2.75, 3.05) is 11.1 Å². The van der Waals surface area contributed by atoms with Gasteiger partial charge in [0.05, 0.1) is 15.0 Å². The van der Waals surface area contributed by atoms with Crippen LogP contribution in [0.2, 0.25) is 0 Å². The number of nitrogen functional groups attached to an aromatic ring is 1. The third-order valence-electron chi connectivity index (χ3n) is 2.15. The molecule has 0 fully saturated rings. The maximum absolute atomic E-state index is 13.5. The zero-order valence-electron chi connectivity index (χ0n) is 8.84. The van der Waals surface area contributed by atoms with Crippen molar-refractivity contribution in [2.45, 2.75) is 0 Å². The van der Waals surface area contributed by atoms with E-state index < -0.39 is 17.5 Å². The van der Waals surface area contributed by atoms with Gasteiger partial charge < -0.3 is 11.1 Å². The Bertz CT molecular complexity index is 592. The molecule has 3 nitrogen and oxygen atoms in total. The lowest BCUT2D eigenvalue weighted by Crippen LogP contribution is -2.14. The SMILES string of the molecule is Nc1cc(F)cc(F)c1NC(=O)c1csc(Br)c1. The minimum atomic E-state index is -0.907. The lowest BCUT2D eigenvalue weighted by atomic mass is 10.2. The highest BCUT2D eigenvalue weighted by Gasteiger charge is 2.14. The largest absolute Gasteiger partial charge is 0.397 e. The number of amides is 1. The van der Waals surface area contributed by atoms with Gasteiger partial charge in [-0.2, -0.15) is 0 Å². The molecule has 18 heavy (non-hydrogen) atoms. The van der Waals surface area contributed by atoms with Crippen LogP contribution in [0, 0.1) is 11.6 Å². The lowest BCUT2D eigenvalue weighted by Gasteiger charge is -2.08. The van der Waals surface area contributed by atoms with Gasteiger partial charge in [-0.3, -0.25) is 4.79 Å². The van der Waals surface area contributed by atoms with E-state index in [-0.39, 0.29) is 11.4 Å². The molecule has 2 rings (SSSR count). The van der Waals surface area contributed by atoms with Gasteiger partial charge in [0, 0.05) is 11.4 Å². The number of carbonyl (C=O) groups is 1. The zero-order chi connectivity index (χ0) is 13.3. The van der Waals surface area contributed by atoms with E-state index in [1.54, 1.807) is 11.4 Å². The summed E-state index contributed by atoms with van der Waals surface area (Å²) in [6.07, 6.45) is 0. The molecular formula is C11H7BrF2N2OS. The molecule has 2 aromatic rings. The van der Waals surface area contributed by atoms with Crippen molar-refractivity contribution in [3.8, 4) is 0 Å². The molecule has 0 aliphatic rings. The summed E-state index contributed by atoms with van der Waals surface area (Å²) in [4.78, 5) is 11.8. The third-order valence-corrected chi connectivity index (χ3v) is 3.66. The first-order valence-corrected chi connectivity index (χ1v) is 6.44. The Kier molecular flexibility index (Phi) is 3.63. The van der Waals surface area contributed by atoms with Crippen molar-refractivity contribution >= 4 is 44.5 Å². The van der Waals surface area contributed by atoms with Crippen molar-refractivity contribution in [1.29, 1.82) is 0 Å². The van der Waals surface area contributed by atoms with Gasteiger partial charge in [0.25, 0.3) is 5.91 Å². The van der Waals surface area contributed by atoms with Crippen LogP contribution in [-0.4, -0.2) is 5.91 Å². The number of benzene rings is 1. The van der Waals surface area contributed by atoms with Crippen LogP contribution in [0.25, 0.3) is 0 Å². The highest BCUT2D eigenvalue weighted by Crippen LogP contribution is 2.26. The van der Waals surface area contributed by atoms with Gasteiger partial charge >= 0.3 is 0 Å². The molecule has 3 N–H and O–H groups in total. The van der Waals surface area contributed by atoms with Crippen LogP contribution in [-0.2, 0) is 0 Å². The first-order chi connectivity index (χ1) is 8.47. The molecule has 0 aliphatic heterocycles. The smallest absolute Gasteiger partial charge is 0.256 e. The monoisotopic (exact) mass is 332 g/mol. The van der Waals surface area contributed by atoms with Crippen LogP contribution in [0.4, 0.5) is 20.2 Å². The molecule has 1 aromatic heterocycles. The highest BCUT2D eigenvalue weighted by atomic mass is 79.9. The second kappa shape index (κ2) is 5.03. The molecule has 0 bridgehead atoms. The molecule has 0 aliphatic carbocycles. The van der Waals surface area contributed by atoms with Gasteiger partial charge in [0.15, 0.2) is 5.82 Å². The number of anilines is 2. The Balaban J connectivity index is 2.27. The summed E-state index contributed by atoms with van der Waals surface area (Å²) in [6.45, 7) is 0. The van der Waals surface area contributed by atoms with Crippen molar-refractivity contribution in [3.63, 3.8) is 0 Å². The average molecular weight is 333 g/mol. The molecule has 1 aromatic carbocycles. The topological polar surface area (TPSA) is 55.1 Å². The Hall–Kier alpha value is -1.47. The summed E-state index contributed by atoms with van der Waals surface area (Å²) in [7, 11) is 0. The van der Waals surface area contributed by atoms with Gasteiger partial charge in [0.1, 0.15) is 11.5 Å². The molecule has 1 amide bonds. The predicted molar refractivity (Wildman–Crippen MR) is 70.7 cm³/mol. The lowest BCUT2D eigenvalue weighted by molar-refractivity contribution is 0.102. The molecule has 0 atom stereocenters. The number of nitrogens with two attached hydrogens (primary N) is 1. The van der Waals surface area contributed by atoms with Gasteiger partial charge in [-0.05, 0) is 28.1 Å². The minimum absolute atomic E-state index is 0.157. The fourth-order valence-corrected chi connectivity index (χ4v) is 2.48. The molecule has 0 spiro atoms. The first-order valence-electron chi connectivity index (χ1n) is 4.77. The molecule has 0 radical (unpaired) electrons. The standard InChI is InChI=1S/C11H7BrF2N2OS/c12-9-1-5(4-18-9)11(17)16-10-7(14)2-6(13)3-8(10)15/h1-4H,15H2,(H,16,17). The average Bonchev–Trinajstić information content (AvgIpc) is 2.70. The Morgan fingerprint density at radius 3 is 2.61 bits per heavy atom. The van der Waals surface area contributed by atoms with E-state index in [0.717, 1.165) is 9.85 Å². The van der Waals surface area contributed by atoms with Gasteiger partial charge in [-0.15, -0.1) is 11.3 Å². The first kappa shape index (κ1) is 13.0. The van der Waals surface area contributed by atoms with Crippen molar-refractivity contribution in [2.24, 2.45) is 0 Å². The molecule has 0 unspecified atom stereocenters. The number of nitrogens with one attached hydrogen (secondary N) is 1. The van der Waals surface area contributed by atoms with Gasteiger partial charge in [0.2, 0.25) is 0 Å². The Labute approximate surface area is 114 Å². The molecule has 0 saturated heterocycles. The van der Waals surface area contributed by atoms with E-state index in [4.69, 9.17) is 5.73 Å². The number of thiophene rings is 1. The number of rotatable bonds is 2. The van der Waals surface area contributed by atoms with Crippen LogP contribution >= 0.6 is 27.3 Å². The van der Waals surface area contributed by atoms with Crippen LogP contribution in [0.3, 0.4) is 0 Å². The maximum Gasteiger partial charge on any atom is 0.256 e. The van der Waals surface area contributed by atoms with E-state index >= 15 is 0 Å². The van der Waals surface area contributed by atoms with Gasteiger partial charge in [-0.25, -0.2) is 8.78 Å². The summed E-state index contributed by atoms with van der Waals surface area (Å²) in [6, 6.07) is 3.20. The minimum Gasteiger partial charge on any atom is -0.397 e. The van der Waals surface area contributed by atoms with Crippen molar-refractivity contribution in [1.82, 2.24) is 0 Å². The summed E-state index contributed by atoms with van der Waals surface area (Å²) < 4.78 is 27.1. The van der Waals surface area contributed by atoms with Crippen LogP contribution in [0.5, 0.6) is 0 Å². The summed E-state index contributed by atoms with van der Waals surface area (Å²) in [5.41, 5.74) is 5.45. The number of hydrogen-bond donors (Lipinski definition) is 2. The van der Waals surface area contributed by atoms with E-state index in [0.29, 0.717) is 11.6 Å². The fraction of sp³-hybridized carbons (Fsp3) is 0. The molecule has 0 saturated carbocycles. The molecule has 94 valence electrons. The summed E-state index contributed by atoms with van der Waals surface area (Å²) in [5.74, 6) is -2.20. The van der Waals surface area contributed by atoms with Crippen molar-refractivity contribution in [3.05, 3.63) is 44.6 Å². The maximum atomic E-state index is 13.5. The highest BCUT2D eigenvalue weighted by molar-refractivity contribution is 9.11. The third kappa shape index (κ3) is 2.68. The van der Waals surface area contributed by atoms with E-state index in [1.165, 1.54) is 11.3 Å². The quantitative estimate of drug-likeness (QED) is 0.825. The van der Waals surface area contributed by atoms with E-state index in [2.05, 4.69) is 21.2 Å². The molecule has 1 heterocycles. The Morgan fingerprint density at radius 1 is 1.33 bits per heavy atom.